The number of phenols is 1. The van der Waals surface area contributed by atoms with Crippen molar-refractivity contribution in [1.82, 2.24) is 0 Å². The van der Waals surface area contributed by atoms with E-state index in [2.05, 4.69) is 0 Å². The van der Waals surface area contributed by atoms with Crippen LogP contribution < -0.4 is 10.5 Å². The molecule has 0 aliphatic carbocycles. The van der Waals surface area contributed by atoms with Gasteiger partial charge in [-0.3, -0.25) is 0 Å². The number of phenolic OH excluding ortho intramolecular Hbond substituents is 1. The highest BCUT2D eigenvalue weighted by Gasteiger charge is 2.14. The monoisotopic (exact) mass is 328 g/mol. The molecule has 0 aliphatic heterocycles. The fourth-order valence-electron chi connectivity index (χ4n) is 2.90. The highest BCUT2D eigenvalue weighted by atomic mass is 19.1. The van der Waals surface area contributed by atoms with Gasteiger partial charge in [0.1, 0.15) is 30.2 Å². The molecule has 2 aromatic carbocycles. The van der Waals surface area contributed by atoms with Crippen molar-refractivity contribution < 1.29 is 18.8 Å². The normalized spacial score (nSPS) is 12.5. The molecule has 124 valence electrons. The number of aryl methyl sites for hydroxylation is 1. The molecule has 0 spiro atoms. The van der Waals surface area contributed by atoms with Crippen LogP contribution in [0.1, 0.15) is 16.7 Å². The zero-order valence-corrected chi connectivity index (χ0v) is 13.6. The van der Waals surface area contributed by atoms with Crippen LogP contribution in [0.2, 0.25) is 0 Å². The molecule has 0 radical (unpaired) electrons. The van der Waals surface area contributed by atoms with E-state index in [1.165, 1.54) is 18.2 Å². The molecule has 3 aromatic rings. The third kappa shape index (κ3) is 3.31. The lowest BCUT2D eigenvalue weighted by atomic mass is 10.1. The van der Waals surface area contributed by atoms with Crippen molar-refractivity contribution in [3.63, 3.8) is 0 Å². The Hall–Kier alpha value is -2.66. The average Bonchev–Trinajstić information content (AvgIpc) is 2.53. The van der Waals surface area contributed by atoms with Gasteiger partial charge in [-0.25, -0.2) is 9.18 Å². The van der Waals surface area contributed by atoms with Gasteiger partial charge in [-0.15, -0.1) is 0 Å². The van der Waals surface area contributed by atoms with Crippen LogP contribution in [0.4, 0.5) is 4.39 Å². The van der Waals surface area contributed by atoms with Crippen LogP contribution in [0, 0.1) is 12.7 Å². The summed E-state index contributed by atoms with van der Waals surface area (Å²) in [5, 5.41) is 10.6. The number of rotatable bonds is 4. The molecule has 0 saturated heterocycles. The maximum Gasteiger partial charge on any atom is 0.336 e. The predicted molar refractivity (Wildman–Crippen MR) is 89.6 cm³/mol. The van der Waals surface area contributed by atoms with Crippen LogP contribution in [-0.4, -0.2) is 12.2 Å². The van der Waals surface area contributed by atoms with Crippen molar-refractivity contribution in [2.75, 3.05) is 7.05 Å². The standard InChI is InChI=1S/C19H18FNO3/c1-12-17(22)8-7-16-14(9-18(23)24-19(12)16)11-21(2)10-13-3-5-15(20)6-4-13/h3-9,22H,10-11H2,1-2H3/p+1. The van der Waals surface area contributed by atoms with Crippen LogP contribution in [0.5, 0.6) is 5.75 Å². The number of aromatic hydroxyl groups is 1. The van der Waals surface area contributed by atoms with E-state index in [0.717, 1.165) is 21.4 Å². The first-order valence-electron chi connectivity index (χ1n) is 7.75. The van der Waals surface area contributed by atoms with Crippen LogP contribution in [0.15, 0.2) is 51.7 Å². The van der Waals surface area contributed by atoms with Gasteiger partial charge >= 0.3 is 5.63 Å². The first-order chi connectivity index (χ1) is 11.4. The molecule has 24 heavy (non-hydrogen) atoms. The number of benzene rings is 2. The first-order valence-corrected chi connectivity index (χ1v) is 7.75. The van der Waals surface area contributed by atoms with Crippen LogP contribution >= 0.6 is 0 Å². The van der Waals surface area contributed by atoms with Gasteiger partial charge in [0, 0.05) is 28.1 Å². The summed E-state index contributed by atoms with van der Waals surface area (Å²) in [6.07, 6.45) is 0. The Bertz CT molecular complexity index is 932. The lowest BCUT2D eigenvalue weighted by Gasteiger charge is -2.15. The highest BCUT2D eigenvalue weighted by molar-refractivity contribution is 5.84. The Labute approximate surface area is 138 Å². The smallest absolute Gasteiger partial charge is 0.336 e. The van der Waals surface area contributed by atoms with E-state index in [1.54, 1.807) is 31.2 Å². The van der Waals surface area contributed by atoms with Crippen molar-refractivity contribution in [3.05, 3.63) is 75.4 Å². The molecular formula is C19H19FNO3+. The summed E-state index contributed by atoms with van der Waals surface area (Å²) in [7, 11) is 2.01. The Morgan fingerprint density at radius 3 is 2.54 bits per heavy atom. The van der Waals surface area contributed by atoms with Crippen molar-refractivity contribution in [2.45, 2.75) is 20.0 Å². The Morgan fingerprint density at radius 2 is 1.83 bits per heavy atom. The summed E-state index contributed by atoms with van der Waals surface area (Å²) >= 11 is 0. The third-order valence-electron chi connectivity index (χ3n) is 4.13. The second-order valence-electron chi connectivity index (χ2n) is 6.11. The van der Waals surface area contributed by atoms with Gasteiger partial charge < -0.3 is 14.4 Å². The summed E-state index contributed by atoms with van der Waals surface area (Å²) in [5.41, 5.74) is 2.44. The zero-order chi connectivity index (χ0) is 17.3. The molecule has 0 bridgehead atoms. The maximum absolute atomic E-state index is 13.0. The number of halogens is 1. The van der Waals surface area contributed by atoms with Crippen molar-refractivity contribution in [3.8, 4) is 5.75 Å². The molecule has 0 fully saturated rings. The summed E-state index contributed by atoms with van der Waals surface area (Å²) in [4.78, 5) is 13.0. The Morgan fingerprint density at radius 1 is 1.12 bits per heavy atom. The van der Waals surface area contributed by atoms with E-state index >= 15 is 0 Å². The van der Waals surface area contributed by atoms with E-state index < -0.39 is 5.63 Å². The lowest BCUT2D eigenvalue weighted by molar-refractivity contribution is -0.907. The fourth-order valence-corrected chi connectivity index (χ4v) is 2.90. The Balaban J connectivity index is 1.90. The van der Waals surface area contributed by atoms with Crippen molar-refractivity contribution in [2.24, 2.45) is 0 Å². The van der Waals surface area contributed by atoms with Gasteiger partial charge in [-0.2, -0.15) is 0 Å². The molecule has 2 N–H and O–H groups in total. The molecular weight excluding hydrogens is 309 g/mol. The molecule has 0 amide bonds. The zero-order valence-electron chi connectivity index (χ0n) is 13.6. The minimum Gasteiger partial charge on any atom is -0.508 e. The van der Waals surface area contributed by atoms with Crippen LogP contribution in [0.25, 0.3) is 11.0 Å². The minimum atomic E-state index is -0.430. The lowest BCUT2D eigenvalue weighted by Crippen LogP contribution is -3.06. The highest BCUT2D eigenvalue weighted by Crippen LogP contribution is 2.27. The van der Waals surface area contributed by atoms with Gasteiger partial charge in [-0.05, 0) is 31.2 Å². The molecule has 1 heterocycles. The summed E-state index contributed by atoms with van der Waals surface area (Å²) in [6, 6.07) is 11.3. The van der Waals surface area contributed by atoms with Gasteiger partial charge in [-0.1, -0.05) is 12.1 Å². The van der Waals surface area contributed by atoms with Gasteiger partial charge in [0.05, 0.1) is 7.05 Å². The average molecular weight is 328 g/mol. The van der Waals surface area contributed by atoms with E-state index in [-0.39, 0.29) is 11.6 Å². The SMILES string of the molecule is Cc1c(O)ccc2c(C[NH+](C)Cc3ccc(F)cc3)cc(=O)oc12. The number of fused-ring (bicyclic) bond motifs is 1. The first kappa shape index (κ1) is 16.2. The van der Waals surface area contributed by atoms with E-state index in [0.29, 0.717) is 24.2 Å². The number of hydrogen-bond acceptors (Lipinski definition) is 3. The van der Waals surface area contributed by atoms with Crippen molar-refractivity contribution in [1.29, 1.82) is 0 Å². The number of hydrogen-bond donors (Lipinski definition) is 2. The molecule has 3 rings (SSSR count). The number of quaternary nitrogens is 1. The molecule has 4 nitrogen and oxygen atoms in total. The van der Waals surface area contributed by atoms with Crippen molar-refractivity contribution >= 4 is 11.0 Å². The molecule has 1 unspecified atom stereocenters. The summed E-state index contributed by atoms with van der Waals surface area (Å²) in [5.74, 6) is -0.145. The largest absolute Gasteiger partial charge is 0.508 e. The minimum absolute atomic E-state index is 0.106. The molecule has 0 saturated carbocycles. The van der Waals surface area contributed by atoms with E-state index in [4.69, 9.17) is 4.42 Å². The molecule has 0 aliphatic rings. The van der Waals surface area contributed by atoms with Gasteiger partial charge in [0.25, 0.3) is 0 Å². The van der Waals surface area contributed by atoms with E-state index in [1.807, 2.05) is 7.05 Å². The fraction of sp³-hybridized carbons (Fsp3) is 0.211. The van der Waals surface area contributed by atoms with Crippen LogP contribution in [0.3, 0.4) is 0 Å². The van der Waals surface area contributed by atoms with Gasteiger partial charge in [0.2, 0.25) is 0 Å². The van der Waals surface area contributed by atoms with E-state index in [9.17, 15) is 14.3 Å². The second kappa shape index (κ2) is 6.45. The van der Waals surface area contributed by atoms with Gasteiger partial charge in [0.15, 0.2) is 0 Å². The molecule has 5 heteroatoms. The summed E-state index contributed by atoms with van der Waals surface area (Å²) < 4.78 is 18.2. The quantitative estimate of drug-likeness (QED) is 0.722. The Kier molecular flexibility index (Phi) is 4.36. The summed E-state index contributed by atoms with van der Waals surface area (Å²) in [6.45, 7) is 3.04. The maximum atomic E-state index is 13.0. The second-order valence-corrected chi connectivity index (χ2v) is 6.11. The van der Waals surface area contributed by atoms with Crippen LogP contribution in [-0.2, 0) is 13.1 Å². The predicted octanol–water partition coefficient (Wildman–Crippen LogP) is 2.16. The topological polar surface area (TPSA) is 54.9 Å². The molecule has 1 atom stereocenters. The molecule has 1 aromatic heterocycles. The number of nitrogens with one attached hydrogen (secondary N) is 1. The third-order valence-corrected chi connectivity index (χ3v) is 4.13.